The molecule has 0 aromatic carbocycles. The van der Waals surface area contributed by atoms with Gasteiger partial charge in [-0.15, -0.1) is 23.2 Å². The molecule has 0 saturated carbocycles. The first-order valence-corrected chi connectivity index (χ1v) is 6.92. The molecule has 1 heterocycles. The van der Waals surface area contributed by atoms with Crippen LogP contribution < -0.4 is 0 Å². The number of nitrogens with zero attached hydrogens (tertiary/aromatic N) is 1. The second kappa shape index (κ2) is 5.85. The highest BCUT2D eigenvalue weighted by Crippen LogP contribution is 2.37. The minimum Gasteiger partial charge on any atom is -0.443 e. The number of aliphatic hydroxyl groups is 1. The molecule has 0 aliphatic carbocycles. The fourth-order valence-corrected chi connectivity index (χ4v) is 2.95. The lowest BCUT2D eigenvalue weighted by Crippen LogP contribution is -2.45. The zero-order valence-electron chi connectivity index (χ0n) is 11.4. The second-order valence-corrected chi connectivity index (χ2v) is 6.80. The Morgan fingerprint density at radius 3 is 2.37 bits per heavy atom. The molecule has 1 N–H and O–H groups in total. The number of carbonyl (C=O) groups is 2. The largest absolute Gasteiger partial charge is 0.443 e. The van der Waals surface area contributed by atoms with Gasteiger partial charge in [-0.3, -0.25) is 4.79 Å². The molecule has 1 aliphatic heterocycles. The number of hydrogen-bond acceptors (Lipinski definition) is 4. The zero-order chi connectivity index (χ0) is 15.0. The van der Waals surface area contributed by atoms with Crippen molar-refractivity contribution in [3.8, 4) is 0 Å². The van der Waals surface area contributed by atoms with Gasteiger partial charge in [-0.05, 0) is 20.8 Å². The van der Waals surface area contributed by atoms with Crippen molar-refractivity contribution < 1.29 is 19.4 Å². The van der Waals surface area contributed by atoms with Crippen LogP contribution in [0.1, 0.15) is 27.7 Å². The number of carbonyl (C=O) groups excluding carboxylic acids is 2. The van der Waals surface area contributed by atoms with Gasteiger partial charge in [-0.25, -0.2) is 9.69 Å². The summed E-state index contributed by atoms with van der Waals surface area (Å²) in [5.74, 6) is -1.47. The molecule has 1 saturated heterocycles. The Hall–Kier alpha value is -0.520. The van der Waals surface area contributed by atoms with E-state index in [0.29, 0.717) is 0 Å². The van der Waals surface area contributed by atoms with Gasteiger partial charge in [0.2, 0.25) is 5.91 Å². The molecule has 0 radical (unpaired) electrons. The lowest BCUT2D eigenvalue weighted by Gasteiger charge is -2.28. The van der Waals surface area contributed by atoms with Gasteiger partial charge in [-0.1, -0.05) is 6.92 Å². The van der Waals surface area contributed by atoms with E-state index in [1.165, 1.54) is 0 Å². The fourth-order valence-electron chi connectivity index (χ4n) is 2.18. The second-order valence-electron chi connectivity index (χ2n) is 5.64. The third-order valence-electron chi connectivity index (χ3n) is 3.05. The Bertz CT molecular complexity index is 367. The van der Waals surface area contributed by atoms with Gasteiger partial charge >= 0.3 is 6.09 Å². The molecule has 0 aromatic rings. The van der Waals surface area contributed by atoms with E-state index in [1.54, 1.807) is 27.7 Å². The standard InChI is InChI=1S/C12H19Cl2NO4/c1-6-8(9(13)14)7(5-16)15(10(6)17)11(18)19-12(2,3)4/h6-9,16H,5H2,1-4H3/t6-,7-,8+/m1/s1. The number of aliphatic hydroxyl groups excluding tert-OH is 1. The molecule has 0 aromatic heterocycles. The number of amides is 2. The predicted molar refractivity (Wildman–Crippen MR) is 72.1 cm³/mol. The van der Waals surface area contributed by atoms with Gasteiger partial charge in [0.1, 0.15) is 10.4 Å². The summed E-state index contributed by atoms with van der Waals surface area (Å²) >= 11 is 11.7. The van der Waals surface area contributed by atoms with E-state index < -0.39 is 46.9 Å². The monoisotopic (exact) mass is 311 g/mol. The summed E-state index contributed by atoms with van der Waals surface area (Å²) in [6, 6.07) is -0.752. The first-order valence-electron chi connectivity index (χ1n) is 6.05. The topological polar surface area (TPSA) is 66.8 Å². The van der Waals surface area contributed by atoms with Gasteiger partial charge in [0.25, 0.3) is 0 Å². The van der Waals surface area contributed by atoms with Crippen LogP contribution in [-0.2, 0) is 9.53 Å². The van der Waals surface area contributed by atoms with E-state index in [4.69, 9.17) is 27.9 Å². The van der Waals surface area contributed by atoms with E-state index in [0.717, 1.165) is 4.90 Å². The maximum Gasteiger partial charge on any atom is 0.417 e. The highest BCUT2D eigenvalue weighted by Gasteiger charge is 2.51. The average molecular weight is 312 g/mol. The molecule has 1 rings (SSSR count). The van der Waals surface area contributed by atoms with E-state index in [2.05, 4.69) is 0 Å². The summed E-state index contributed by atoms with van der Waals surface area (Å²) in [6.07, 6.45) is -0.778. The van der Waals surface area contributed by atoms with Gasteiger partial charge in [0.15, 0.2) is 0 Å². The molecular formula is C12H19Cl2NO4. The van der Waals surface area contributed by atoms with E-state index in [9.17, 15) is 14.7 Å². The first-order chi connectivity index (χ1) is 8.60. The van der Waals surface area contributed by atoms with Crippen molar-refractivity contribution in [3.63, 3.8) is 0 Å². The van der Waals surface area contributed by atoms with Crippen molar-refractivity contribution in [1.82, 2.24) is 4.90 Å². The number of imide groups is 1. The SMILES string of the molecule is C[C@H]1C(=O)N(C(=O)OC(C)(C)C)[C@H](CO)[C@H]1C(Cl)Cl. The number of rotatable bonds is 2. The summed E-state index contributed by atoms with van der Waals surface area (Å²) in [4.78, 5) is 24.2. The van der Waals surface area contributed by atoms with Crippen LogP contribution >= 0.6 is 23.2 Å². The first kappa shape index (κ1) is 16.5. The minimum absolute atomic E-state index is 0.393. The highest BCUT2D eigenvalue weighted by atomic mass is 35.5. The van der Waals surface area contributed by atoms with Crippen LogP contribution in [0.4, 0.5) is 4.79 Å². The van der Waals surface area contributed by atoms with Gasteiger partial charge < -0.3 is 9.84 Å². The van der Waals surface area contributed by atoms with Crippen LogP contribution in [0, 0.1) is 11.8 Å². The molecule has 0 bridgehead atoms. The van der Waals surface area contributed by atoms with Crippen LogP contribution in [0.3, 0.4) is 0 Å². The normalized spacial score (nSPS) is 28.1. The van der Waals surface area contributed by atoms with Crippen LogP contribution in [0.15, 0.2) is 0 Å². The van der Waals surface area contributed by atoms with Crippen LogP contribution in [0.25, 0.3) is 0 Å². The van der Waals surface area contributed by atoms with Crippen LogP contribution in [0.2, 0.25) is 0 Å². The van der Waals surface area contributed by atoms with E-state index in [-0.39, 0.29) is 0 Å². The van der Waals surface area contributed by atoms with E-state index in [1.807, 2.05) is 0 Å². The Labute approximate surface area is 122 Å². The summed E-state index contributed by atoms with van der Waals surface area (Å²) in [5, 5.41) is 9.42. The van der Waals surface area contributed by atoms with Crippen LogP contribution in [-0.4, -0.2) is 45.1 Å². The molecular weight excluding hydrogens is 293 g/mol. The third-order valence-corrected chi connectivity index (χ3v) is 3.63. The number of likely N-dealkylation sites (tertiary alicyclic amines) is 1. The number of alkyl halides is 2. The number of ether oxygens (including phenoxy) is 1. The minimum atomic E-state index is -0.844. The summed E-state index contributed by atoms with van der Waals surface area (Å²) in [6.45, 7) is 6.35. The Kier molecular flexibility index (Phi) is 5.09. The molecule has 110 valence electrons. The molecule has 7 heteroatoms. The maximum absolute atomic E-state index is 12.1. The van der Waals surface area contributed by atoms with Gasteiger partial charge in [0.05, 0.1) is 12.6 Å². The fraction of sp³-hybridized carbons (Fsp3) is 0.833. The van der Waals surface area contributed by atoms with E-state index >= 15 is 0 Å². The van der Waals surface area contributed by atoms with Crippen LogP contribution in [0.5, 0.6) is 0 Å². The molecule has 0 spiro atoms. The highest BCUT2D eigenvalue weighted by molar-refractivity contribution is 6.44. The van der Waals surface area contributed by atoms with Crippen molar-refractivity contribution in [2.24, 2.45) is 11.8 Å². The summed E-state index contributed by atoms with van der Waals surface area (Å²) in [7, 11) is 0. The molecule has 1 aliphatic rings. The van der Waals surface area contributed by atoms with Gasteiger partial charge in [-0.2, -0.15) is 0 Å². The van der Waals surface area contributed by atoms with Crippen molar-refractivity contribution in [1.29, 1.82) is 0 Å². The third kappa shape index (κ3) is 3.52. The molecule has 5 nitrogen and oxygen atoms in total. The zero-order valence-corrected chi connectivity index (χ0v) is 12.9. The Morgan fingerprint density at radius 2 is 2.00 bits per heavy atom. The predicted octanol–water partition coefficient (Wildman–Crippen LogP) is 2.18. The Balaban J connectivity index is 2.99. The average Bonchev–Trinajstić information content (AvgIpc) is 2.48. The van der Waals surface area contributed by atoms with Crippen molar-refractivity contribution in [3.05, 3.63) is 0 Å². The summed E-state index contributed by atoms with van der Waals surface area (Å²) in [5.41, 5.74) is -0.722. The molecule has 19 heavy (non-hydrogen) atoms. The van der Waals surface area contributed by atoms with Crippen molar-refractivity contribution in [2.75, 3.05) is 6.61 Å². The number of halogens is 2. The smallest absolute Gasteiger partial charge is 0.417 e. The molecule has 1 fully saturated rings. The molecule has 0 unspecified atom stereocenters. The maximum atomic E-state index is 12.1. The molecule has 2 amide bonds. The van der Waals surface area contributed by atoms with Gasteiger partial charge in [0, 0.05) is 11.8 Å². The number of hydrogen-bond donors (Lipinski definition) is 1. The summed E-state index contributed by atoms with van der Waals surface area (Å²) < 4.78 is 5.17. The molecule has 3 atom stereocenters. The Morgan fingerprint density at radius 1 is 1.47 bits per heavy atom. The van der Waals surface area contributed by atoms with Crippen molar-refractivity contribution in [2.45, 2.75) is 44.2 Å². The lowest BCUT2D eigenvalue weighted by molar-refractivity contribution is -0.131. The quantitative estimate of drug-likeness (QED) is 0.794. The lowest BCUT2D eigenvalue weighted by atomic mass is 9.94. The van der Waals surface area contributed by atoms with Crippen molar-refractivity contribution >= 4 is 35.2 Å².